The van der Waals surface area contributed by atoms with E-state index in [0.29, 0.717) is 12.0 Å². The number of carbonyl (C=O) groups is 1. The van der Waals surface area contributed by atoms with Crippen LogP contribution in [0.1, 0.15) is 39.0 Å². The lowest BCUT2D eigenvalue weighted by Crippen LogP contribution is -2.38. The third kappa shape index (κ3) is 5.02. The van der Waals surface area contributed by atoms with E-state index in [4.69, 9.17) is 5.73 Å². The standard InChI is InChI=1S/C11H23N3O/c1-2-3-6-13-11(15)14-8-9-4-5-10(12)7-9/h9-10H,2-8,12H2,1H3,(H2,13,14,15). The first-order valence-corrected chi connectivity index (χ1v) is 5.99. The summed E-state index contributed by atoms with van der Waals surface area (Å²) < 4.78 is 0. The molecular weight excluding hydrogens is 190 g/mol. The summed E-state index contributed by atoms with van der Waals surface area (Å²) in [6, 6.07) is 0.309. The molecule has 0 heterocycles. The van der Waals surface area contributed by atoms with Gasteiger partial charge >= 0.3 is 6.03 Å². The molecule has 0 aromatic heterocycles. The van der Waals surface area contributed by atoms with E-state index in [1.807, 2.05) is 0 Å². The third-order valence-corrected chi connectivity index (χ3v) is 2.95. The van der Waals surface area contributed by atoms with Crippen molar-refractivity contribution in [1.29, 1.82) is 0 Å². The minimum Gasteiger partial charge on any atom is -0.338 e. The van der Waals surface area contributed by atoms with Crippen molar-refractivity contribution in [3.63, 3.8) is 0 Å². The Kier molecular flexibility index (Phi) is 5.47. The van der Waals surface area contributed by atoms with Crippen LogP contribution >= 0.6 is 0 Å². The van der Waals surface area contributed by atoms with Crippen LogP contribution in [0.3, 0.4) is 0 Å². The predicted octanol–water partition coefficient (Wildman–Crippen LogP) is 1.21. The Bertz CT molecular complexity index is 196. The van der Waals surface area contributed by atoms with Crippen molar-refractivity contribution in [2.45, 2.75) is 45.1 Å². The average molecular weight is 213 g/mol. The fraction of sp³-hybridized carbons (Fsp3) is 0.909. The molecule has 2 atom stereocenters. The molecule has 4 N–H and O–H groups in total. The molecule has 88 valence electrons. The van der Waals surface area contributed by atoms with Crippen molar-refractivity contribution in [1.82, 2.24) is 10.6 Å². The number of nitrogens with one attached hydrogen (secondary N) is 2. The molecule has 4 heteroatoms. The second-order valence-corrected chi connectivity index (χ2v) is 4.43. The number of carbonyl (C=O) groups excluding carboxylic acids is 1. The summed E-state index contributed by atoms with van der Waals surface area (Å²) in [4.78, 5) is 11.3. The molecule has 1 aliphatic carbocycles. The Morgan fingerprint density at radius 2 is 2.20 bits per heavy atom. The van der Waals surface area contributed by atoms with Crippen LogP contribution in [0.5, 0.6) is 0 Å². The number of urea groups is 1. The topological polar surface area (TPSA) is 67.2 Å². The maximum Gasteiger partial charge on any atom is 0.314 e. The highest BCUT2D eigenvalue weighted by molar-refractivity contribution is 5.73. The first-order chi connectivity index (χ1) is 7.22. The number of hydrogen-bond donors (Lipinski definition) is 3. The van der Waals surface area contributed by atoms with Crippen molar-refractivity contribution >= 4 is 6.03 Å². The van der Waals surface area contributed by atoms with Gasteiger partial charge in [-0.05, 0) is 31.6 Å². The number of amides is 2. The SMILES string of the molecule is CCCCNC(=O)NCC1CCC(N)C1. The van der Waals surface area contributed by atoms with E-state index >= 15 is 0 Å². The smallest absolute Gasteiger partial charge is 0.314 e. The minimum atomic E-state index is -0.0380. The van der Waals surface area contributed by atoms with Gasteiger partial charge in [-0.15, -0.1) is 0 Å². The number of nitrogens with two attached hydrogens (primary N) is 1. The van der Waals surface area contributed by atoms with Crippen molar-refractivity contribution in [2.75, 3.05) is 13.1 Å². The molecule has 0 saturated heterocycles. The molecular formula is C11H23N3O. The monoisotopic (exact) mass is 213 g/mol. The van der Waals surface area contributed by atoms with Crippen LogP contribution in [0.2, 0.25) is 0 Å². The van der Waals surface area contributed by atoms with Gasteiger partial charge < -0.3 is 16.4 Å². The van der Waals surface area contributed by atoms with Gasteiger partial charge in [0.2, 0.25) is 0 Å². The molecule has 0 radical (unpaired) electrons. The fourth-order valence-electron chi connectivity index (χ4n) is 1.98. The van der Waals surface area contributed by atoms with Gasteiger partial charge in [-0.3, -0.25) is 0 Å². The van der Waals surface area contributed by atoms with Crippen LogP contribution in [-0.2, 0) is 0 Å². The first kappa shape index (κ1) is 12.3. The number of unbranched alkanes of at least 4 members (excludes halogenated alkanes) is 1. The third-order valence-electron chi connectivity index (χ3n) is 2.95. The second-order valence-electron chi connectivity index (χ2n) is 4.43. The summed E-state index contributed by atoms with van der Waals surface area (Å²) >= 11 is 0. The van der Waals surface area contributed by atoms with Crippen LogP contribution in [0.15, 0.2) is 0 Å². The molecule has 0 aromatic carbocycles. The van der Waals surface area contributed by atoms with Gasteiger partial charge in [0.15, 0.2) is 0 Å². The molecule has 4 nitrogen and oxygen atoms in total. The number of rotatable bonds is 5. The zero-order valence-corrected chi connectivity index (χ0v) is 9.59. The molecule has 0 bridgehead atoms. The van der Waals surface area contributed by atoms with E-state index < -0.39 is 0 Å². The molecule has 1 fully saturated rings. The van der Waals surface area contributed by atoms with Gasteiger partial charge in [0.1, 0.15) is 0 Å². The zero-order valence-electron chi connectivity index (χ0n) is 9.59. The second kappa shape index (κ2) is 6.67. The minimum absolute atomic E-state index is 0.0380. The Hall–Kier alpha value is -0.770. The largest absolute Gasteiger partial charge is 0.338 e. The summed E-state index contributed by atoms with van der Waals surface area (Å²) in [5.74, 6) is 0.580. The van der Waals surface area contributed by atoms with E-state index in [1.54, 1.807) is 0 Å². The average Bonchev–Trinajstić information content (AvgIpc) is 2.62. The lowest BCUT2D eigenvalue weighted by atomic mass is 10.1. The lowest BCUT2D eigenvalue weighted by molar-refractivity contribution is 0.238. The molecule has 1 rings (SSSR count). The normalized spacial score (nSPS) is 25.2. The van der Waals surface area contributed by atoms with Crippen molar-refractivity contribution < 1.29 is 4.79 Å². The molecule has 1 aliphatic rings. The Balaban J connectivity index is 2.01. The molecule has 0 aromatic rings. The zero-order chi connectivity index (χ0) is 11.1. The van der Waals surface area contributed by atoms with Gasteiger partial charge in [-0.2, -0.15) is 0 Å². The molecule has 2 amide bonds. The summed E-state index contributed by atoms with van der Waals surface area (Å²) in [7, 11) is 0. The van der Waals surface area contributed by atoms with Crippen molar-refractivity contribution in [3.05, 3.63) is 0 Å². The maximum atomic E-state index is 11.3. The van der Waals surface area contributed by atoms with E-state index in [1.165, 1.54) is 0 Å². The molecule has 1 saturated carbocycles. The van der Waals surface area contributed by atoms with Gasteiger partial charge in [0, 0.05) is 19.1 Å². The Morgan fingerprint density at radius 3 is 2.80 bits per heavy atom. The predicted molar refractivity (Wildman–Crippen MR) is 61.6 cm³/mol. The quantitative estimate of drug-likeness (QED) is 0.601. The lowest BCUT2D eigenvalue weighted by Gasteiger charge is -2.11. The first-order valence-electron chi connectivity index (χ1n) is 5.99. The van der Waals surface area contributed by atoms with E-state index in [9.17, 15) is 4.79 Å². The molecule has 15 heavy (non-hydrogen) atoms. The van der Waals surface area contributed by atoms with Crippen molar-refractivity contribution in [2.24, 2.45) is 11.7 Å². The summed E-state index contributed by atoms with van der Waals surface area (Å²) in [5.41, 5.74) is 5.80. The van der Waals surface area contributed by atoms with Crippen LogP contribution in [0, 0.1) is 5.92 Å². The summed E-state index contributed by atoms with van der Waals surface area (Å²) in [6.45, 7) is 3.65. The summed E-state index contributed by atoms with van der Waals surface area (Å²) in [6.07, 6.45) is 5.45. The Morgan fingerprint density at radius 1 is 1.40 bits per heavy atom. The molecule has 2 unspecified atom stereocenters. The van der Waals surface area contributed by atoms with Crippen LogP contribution < -0.4 is 16.4 Å². The van der Waals surface area contributed by atoms with E-state index in [-0.39, 0.29) is 6.03 Å². The van der Waals surface area contributed by atoms with Gasteiger partial charge in [-0.1, -0.05) is 13.3 Å². The van der Waals surface area contributed by atoms with Gasteiger partial charge in [0.05, 0.1) is 0 Å². The van der Waals surface area contributed by atoms with Gasteiger partial charge in [0.25, 0.3) is 0 Å². The van der Waals surface area contributed by atoms with E-state index in [2.05, 4.69) is 17.6 Å². The molecule has 0 spiro atoms. The molecule has 0 aliphatic heterocycles. The van der Waals surface area contributed by atoms with Crippen LogP contribution in [0.25, 0.3) is 0 Å². The summed E-state index contributed by atoms with van der Waals surface area (Å²) in [5, 5.41) is 5.74. The highest BCUT2D eigenvalue weighted by Gasteiger charge is 2.21. The highest BCUT2D eigenvalue weighted by Crippen LogP contribution is 2.22. The maximum absolute atomic E-state index is 11.3. The number of hydrogen-bond acceptors (Lipinski definition) is 2. The van der Waals surface area contributed by atoms with Crippen molar-refractivity contribution in [3.8, 4) is 0 Å². The highest BCUT2D eigenvalue weighted by atomic mass is 16.2. The van der Waals surface area contributed by atoms with Crippen LogP contribution in [-0.4, -0.2) is 25.2 Å². The van der Waals surface area contributed by atoms with Gasteiger partial charge in [-0.25, -0.2) is 4.79 Å². The Labute approximate surface area is 92.0 Å². The fourth-order valence-corrected chi connectivity index (χ4v) is 1.98. The van der Waals surface area contributed by atoms with Crippen LogP contribution in [0.4, 0.5) is 4.79 Å². The van der Waals surface area contributed by atoms with E-state index in [0.717, 1.165) is 45.2 Å².